The first-order valence-electron chi connectivity index (χ1n) is 8.08. The summed E-state index contributed by atoms with van der Waals surface area (Å²) in [5.74, 6) is 0.655. The van der Waals surface area contributed by atoms with E-state index in [9.17, 15) is 9.59 Å². The van der Waals surface area contributed by atoms with Gasteiger partial charge in [-0.2, -0.15) is 4.98 Å². The number of hydrogen-bond donors (Lipinski definition) is 1. The summed E-state index contributed by atoms with van der Waals surface area (Å²) >= 11 is 1.12. The van der Waals surface area contributed by atoms with Gasteiger partial charge in [-0.25, -0.2) is 9.78 Å². The van der Waals surface area contributed by atoms with Crippen LogP contribution in [0.1, 0.15) is 12.5 Å². The minimum atomic E-state index is -0.409. The maximum absolute atomic E-state index is 12.1. The van der Waals surface area contributed by atoms with E-state index in [0.717, 1.165) is 23.1 Å². The molecule has 7 nitrogen and oxygen atoms in total. The molecule has 2 heterocycles. The number of fused-ring (bicyclic) bond motifs is 1. The topological polar surface area (TPSA) is 85.6 Å². The van der Waals surface area contributed by atoms with Crippen molar-refractivity contribution in [3.05, 3.63) is 58.6 Å². The van der Waals surface area contributed by atoms with Crippen LogP contribution >= 0.6 is 11.8 Å². The van der Waals surface area contributed by atoms with Gasteiger partial charge in [0.05, 0.1) is 12.4 Å². The number of ether oxygens (including phenoxy) is 1. The number of aromatic nitrogens is 3. The maximum atomic E-state index is 12.1. The Morgan fingerprint density at radius 1 is 1.23 bits per heavy atom. The largest absolute Gasteiger partial charge is 0.494 e. The van der Waals surface area contributed by atoms with Crippen LogP contribution in [0.5, 0.6) is 5.75 Å². The number of nitrogens with zero attached hydrogens (tertiary/aromatic N) is 3. The zero-order valence-electron chi connectivity index (χ0n) is 14.4. The Morgan fingerprint density at radius 2 is 2.00 bits per heavy atom. The second-order valence-electron chi connectivity index (χ2n) is 5.47. The van der Waals surface area contributed by atoms with Gasteiger partial charge in [-0.05, 0) is 49.7 Å². The van der Waals surface area contributed by atoms with Crippen molar-refractivity contribution in [3.63, 3.8) is 0 Å². The molecule has 0 atom stereocenters. The number of rotatable bonds is 6. The van der Waals surface area contributed by atoms with Crippen molar-refractivity contribution in [2.24, 2.45) is 0 Å². The second kappa shape index (κ2) is 8.01. The lowest BCUT2D eigenvalue weighted by atomic mass is 10.3. The Kier molecular flexibility index (Phi) is 5.52. The third-order valence-corrected chi connectivity index (χ3v) is 4.39. The molecule has 3 rings (SSSR count). The van der Waals surface area contributed by atoms with Crippen molar-refractivity contribution in [1.82, 2.24) is 14.4 Å². The fourth-order valence-corrected chi connectivity index (χ4v) is 2.98. The molecule has 0 radical (unpaired) electrons. The number of hydrogen-bond acceptors (Lipinski definition) is 6. The molecule has 0 aliphatic carbocycles. The van der Waals surface area contributed by atoms with Gasteiger partial charge in [0, 0.05) is 11.9 Å². The molecule has 0 aliphatic rings. The predicted molar refractivity (Wildman–Crippen MR) is 101 cm³/mol. The summed E-state index contributed by atoms with van der Waals surface area (Å²) in [6.45, 7) is 4.37. The van der Waals surface area contributed by atoms with Crippen LogP contribution in [0.4, 0.5) is 5.69 Å². The van der Waals surface area contributed by atoms with Crippen LogP contribution in [0.3, 0.4) is 0 Å². The summed E-state index contributed by atoms with van der Waals surface area (Å²) in [5.41, 5.74) is 1.68. The lowest BCUT2D eigenvalue weighted by Crippen LogP contribution is -2.20. The van der Waals surface area contributed by atoms with Crippen molar-refractivity contribution in [1.29, 1.82) is 0 Å². The van der Waals surface area contributed by atoms with E-state index in [0.29, 0.717) is 17.9 Å². The van der Waals surface area contributed by atoms with Gasteiger partial charge in [0.15, 0.2) is 5.16 Å². The maximum Gasteiger partial charge on any atom is 0.355 e. The number of nitrogens with one attached hydrogen (secondary N) is 1. The normalized spacial score (nSPS) is 10.7. The molecule has 8 heteroatoms. The van der Waals surface area contributed by atoms with Crippen LogP contribution in [0.15, 0.2) is 52.5 Å². The summed E-state index contributed by atoms with van der Waals surface area (Å²) in [5, 5.41) is 3.07. The van der Waals surface area contributed by atoms with Gasteiger partial charge in [-0.15, -0.1) is 0 Å². The SMILES string of the molecule is CCOc1ccc(NC(=O)CSc2nc(=O)n3cccc(C)c3n2)cc1. The van der Waals surface area contributed by atoms with Crippen LogP contribution in [0, 0.1) is 6.92 Å². The lowest BCUT2D eigenvalue weighted by Gasteiger charge is -2.07. The van der Waals surface area contributed by atoms with Crippen LogP contribution < -0.4 is 15.7 Å². The standard InChI is InChI=1S/C18H18N4O3S/c1-3-25-14-8-6-13(7-9-14)19-15(23)11-26-17-20-16-12(2)5-4-10-22(16)18(24)21-17/h4-10H,3,11H2,1-2H3,(H,19,23). The van der Waals surface area contributed by atoms with Crippen LogP contribution in [0.2, 0.25) is 0 Å². The molecule has 0 bridgehead atoms. The van der Waals surface area contributed by atoms with E-state index in [2.05, 4.69) is 15.3 Å². The summed E-state index contributed by atoms with van der Waals surface area (Å²) in [6.07, 6.45) is 1.62. The number of amides is 1. The van der Waals surface area contributed by atoms with Crippen LogP contribution in [0.25, 0.3) is 5.65 Å². The number of carbonyl (C=O) groups excluding carboxylic acids is 1. The lowest BCUT2D eigenvalue weighted by molar-refractivity contribution is -0.113. The summed E-state index contributed by atoms with van der Waals surface area (Å²) in [4.78, 5) is 32.4. The number of aryl methyl sites for hydroxylation is 1. The Labute approximate surface area is 154 Å². The highest BCUT2D eigenvalue weighted by Gasteiger charge is 2.09. The molecule has 1 N–H and O–H groups in total. The number of pyridine rings is 1. The number of anilines is 1. The van der Waals surface area contributed by atoms with Gasteiger partial charge in [0.2, 0.25) is 5.91 Å². The van der Waals surface area contributed by atoms with Crippen molar-refractivity contribution < 1.29 is 9.53 Å². The first-order valence-corrected chi connectivity index (χ1v) is 9.07. The third-order valence-electron chi connectivity index (χ3n) is 3.54. The Bertz CT molecular complexity index is 986. The minimum absolute atomic E-state index is 0.106. The number of carbonyl (C=O) groups is 1. The summed E-state index contributed by atoms with van der Waals surface area (Å²) in [7, 11) is 0. The number of benzene rings is 1. The molecule has 1 amide bonds. The monoisotopic (exact) mass is 370 g/mol. The van der Waals surface area contributed by atoms with E-state index in [4.69, 9.17) is 4.74 Å². The average molecular weight is 370 g/mol. The molecule has 134 valence electrons. The van der Waals surface area contributed by atoms with E-state index >= 15 is 0 Å². The predicted octanol–water partition coefficient (Wildman–Crippen LogP) is 2.53. The second-order valence-corrected chi connectivity index (χ2v) is 6.41. The quantitative estimate of drug-likeness (QED) is 0.671. The molecule has 3 aromatic rings. The van der Waals surface area contributed by atoms with Gasteiger partial charge in [-0.3, -0.25) is 9.20 Å². The zero-order valence-corrected chi connectivity index (χ0v) is 15.2. The molecule has 0 saturated carbocycles. The summed E-state index contributed by atoms with van der Waals surface area (Å²) in [6, 6.07) is 10.8. The fraction of sp³-hybridized carbons (Fsp3) is 0.222. The van der Waals surface area contributed by atoms with Gasteiger partial charge in [-0.1, -0.05) is 17.8 Å². The van der Waals surface area contributed by atoms with Crippen molar-refractivity contribution >= 4 is 29.0 Å². The first-order chi connectivity index (χ1) is 12.6. The highest BCUT2D eigenvalue weighted by molar-refractivity contribution is 7.99. The van der Waals surface area contributed by atoms with E-state index in [1.54, 1.807) is 36.5 Å². The van der Waals surface area contributed by atoms with Gasteiger partial charge < -0.3 is 10.1 Å². The molecular weight excluding hydrogens is 352 g/mol. The fourth-order valence-electron chi connectivity index (χ4n) is 2.35. The third kappa shape index (κ3) is 4.20. The Hall–Kier alpha value is -2.87. The Morgan fingerprint density at radius 3 is 2.73 bits per heavy atom. The first kappa shape index (κ1) is 17.9. The van der Waals surface area contributed by atoms with E-state index in [-0.39, 0.29) is 16.8 Å². The van der Waals surface area contributed by atoms with Gasteiger partial charge in [0.25, 0.3) is 0 Å². The van der Waals surface area contributed by atoms with Crippen molar-refractivity contribution in [2.45, 2.75) is 19.0 Å². The average Bonchev–Trinajstić information content (AvgIpc) is 2.63. The molecule has 26 heavy (non-hydrogen) atoms. The molecule has 0 saturated heterocycles. The molecule has 0 spiro atoms. The molecule has 2 aromatic heterocycles. The molecule has 0 fully saturated rings. The van der Waals surface area contributed by atoms with Crippen LogP contribution in [-0.4, -0.2) is 32.6 Å². The highest BCUT2D eigenvalue weighted by atomic mass is 32.2. The Balaban J connectivity index is 1.65. The van der Waals surface area contributed by atoms with E-state index in [1.807, 2.05) is 19.9 Å². The molecule has 0 aliphatic heterocycles. The zero-order chi connectivity index (χ0) is 18.5. The smallest absolute Gasteiger partial charge is 0.355 e. The minimum Gasteiger partial charge on any atom is -0.494 e. The highest BCUT2D eigenvalue weighted by Crippen LogP contribution is 2.17. The molecule has 1 aromatic carbocycles. The van der Waals surface area contributed by atoms with Gasteiger partial charge >= 0.3 is 5.69 Å². The molecule has 0 unspecified atom stereocenters. The number of thioether (sulfide) groups is 1. The van der Waals surface area contributed by atoms with Crippen molar-refractivity contribution in [3.8, 4) is 5.75 Å². The van der Waals surface area contributed by atoms with Gasteiger partial charge in [0.1, 0.15) is 11.4 Å². The summed E-state index contributed by atoms with van der Waals surface area (Å²) < 4.78 is 6.75. The molecular formula is C18H18N4O3S. The van der Waals surface area contributed by atoms with Crippen LogP contribution in [-0.2, 0) is 4.79 Å². The van der Waals surface area contributed by atoms with Crippen molar-refractivity contribution in [2.75, 3.05) is 17.7 Å². The van der Waals surface area contributed by atoms with E-state index < -0.39 is 5.69 Å². The van der Waals surface area contributed by atoms with E-state index in [1.165, 1.54) is 4.40 Å².